The molecule has 3 rings (SSSR count). The molecule has 0 saturated carbocycles. The van der Waals surface area contributed by atoms with Crippen LogP contribution in [0.2, 0.25) is 5.02 Å². The lowest BCUT2D eigenvalue weighted by Crippen LogP contribution is -2.39. The van der Waals surface area contributed by atoms with E-state index in [1.54, 1.807) is 43.5 Å². The number of hydrogen-bond acceptors (Lipinski definition) is 3. The van der Waals surface area contributed by atoms with E-state index < -0.39 is 11.3 Å². The number of nitrogens with zero attached hydrogens (tertiary/aromatic N) is 1. The second-order valence-electron chi connectivity index (χ2n) is 6.75. The predicted molar refractivity (Wildman–Crippen MR) is 113 cm³/mol. The summed E-state index contributed by atoms with van der Waals surface area (Å²) in [6, 6.07) is 18.2. The highest BCUT2D eigenvalue weighted by molar-refractivity contribution is 6.31. The molecule has 1 N–H and O–H groups in total. The summed E-state index contributed by atoms with van der Waals surface area (Å²) in [5, 5.41) is 3.30. The zero-order valence-corrected chi connectivity index (χ0v) is 16.5. The van der Waals surface area contributed by atoms with Crippen LogP contribution >= 0.6 is 11.6 Å². The number of hydrogen-bond donors (Lipinski definition) is 1. The van der Waals surface area contributed by atoms with Crippen LogP contribution in [0.25, 0.3) is 11.1 Å². The van der Waals surface area contributed by atoms with Crippen molar-refractivity contribution in [3.05, 3.63) is 83.1 Å². The average molecular weight is 393 g/mol. The van der Waals surface area contributed by atoms with Crippen molar-refractivity contribution in [2.75, 3.05) is 5.32 Å². The summed E-state index contributed by atoms with van der Waals surface area (Å²) < 4.78 is 0. The second kappa shape index (κ2) is 8.36. The van der Waals surface area contributed by atoms with Gasteiger partial charge < -0.3 is 10.1 Å². The fraction of sp³-hybridized carbons (Fsp3) is 0.174. The van der Waals surface area contributed by atoms with Crippen LogP contribution in [0, 0.1) is 0 Å². The Morgan fingerprint density at radius 1 is 1.11 bits per heavy atom. The number of rotatable bonds is 6. The van der Waals surface area contributed by atoms with Crippen LogP contribution in [-0.4, -0.2) is 17.2 Å². The van der Waals surface area contributed by atoms with Crippen LogP contribution in [0.3, 0.4) is 0 Å². The Bertz CT molecular complexity index is 1020. The molecule has 2 aromatic carbocycles. The number of halogens is 1. The summed E-state index contributed by atoms with van der Waals surface area (Å²) >= 11 is 5.98. The Morgan fingerprint density at radius 3 is 2.57 bits per heavy atom. The molecule has 0 fully saturated rings. The molecule has 1 aromatic heterocycles. The molecule has 1 amide bonds. The summed E-state index contributed by atoms with van der Waals surface area (Å²) in [7, 11) is 0. The topological polar surface area (TPSA) is 59.1 Å². The number of carbonyl (C=O) groups is 2. The molecule has 1 atom stereocenters. The summed E-state index contributed by atoms with van der Waals surface area (Å²) in [5.74, 6) is -0.411. The first-order chi connectivity index (χ1) is 13.5. The first-order valence-corrected chi connectivity index (χ1v) is 9.43. The number of amides is 1. The first-order valence-electron chi connectivity index (χ1n) is 9.05. The normalized spacial score (nSPS) is 12.8. The summed E-state index contributed by atoms with van der Waals surface area (Å²) in [6.45, 7) is 3.66. The number of anilines is 1. The van der Waals surface area contributed by atoms with Crippen molar-refractivity contribution in [1.82, 2.24) is 4.98 Å². The van der Waals surface area contributed by atoms with Crippen LogP contribution in [0.15, 0.2) is 66.9 Å². The maximum absolute atomic E-state index is 12.9. The summed E-state index contributed by atoms with van der Waals surface area (Å²) in [6.07, 6.45) is 3.28. The standard InChI is InChI=1S/C23H21ClN2O2/c1-3-20-13-17(10-11-25-20)16-6-4-7-18(12-16)23(2,15-27)22(28)26-21-9-5-8-19(24)14-21/h4-15H,3H2,1-2H3,(H,26,28). The molecule has 0 radical (unpaired) electrons. The van der Waals surface area contributed by atoms with Gasteiger partial charge in [0.15, 0.2) is 0 Å². The lowest BCUT2D eigenvalue weighted by Gasteiger charge is -2.23. The fourth-order valence-corrected chi connectivity index (χ4v) is 3.14. The van der Waals surface area contributed by atoms with Gasteiger partial charge in [0, 0.05) is 22.6 Å². The highest BCUT2D eigenvalue weighted by Crippen LogP contribution is 2.29. The molecule has 0 aliphatic heterocycles. The van der Waals surface area contributed by atoms with Crippen molar-refractivity contribution in [1.29, 1.82) is 0 Å². The van der Waals surface area contributed by atoms with Gasteiger partial charge in [0.25, 0.3) is 0 Å². The molecule has 4 nitrogen and oxygen atoms in total. The van der Waals surface area contributed by atoms with E-state index in [9.17, 15) is 9.59 Å². The minimum absolute atomic E-state index is 0.411. The van der Waals surface area contributed by atoms with Crippen molar-refractivity contribution in [3.63, 3.8) is 0 Å². The smallest absolute Gasteiger partial charge is 0.241 e. The molecular formula is C23H21ClN2O2. The molecule has 5 heteroatoms. The highest BCUT2D eigenvalue weighted by atomic mass is 35.5. The van der Waals surface area contributed by atoms with Gasteiger partial charge >= 0.3 is 0 Å². The van der Waals surface area contributed by atoms with Gasteiger partial charge in [-0.25, -0.2) is 0 Å². The number of aromatic nitrogens is 1. The molecule has 1 unspecified atom stereocenters. The lowest BCUT2D eigenvalue weighted by atomic mass is 9.81. The van der Waals surface area contributed by atoms with Crippen LogP contribution < -0.4 is 5.32 Å². The third-order valence-corrected chi connectivity index (χ3v) is 5.00. The Kier molecular flexibility index (Phi) is 5.90. The third kappa shape index (κ3) is 4.12. The molecule has 1 heterocycles. The Labute approximate surface area is 169 Å². The molecule has 0 spiro atoms. The molecule has 142 valence electrons. The van der Waals surface area contributed by atoms with E-state index in [1.165, 1.54) is 0 Å². The van der Waals surface area contributed by atoms with Gasteiger partial charge in [-0.1, -0.05) is 42.8 Å². The van der Waals surface area contributed by atoms with Crippen molar-refractivity contribution in [3.8, 4) is 11.1 Å². The van der Waals surface area contributed by atoms with Crippen molar-refractivity contribution in [2.24, 2.45) is 0 Å². The zero-order chi connectivity index (χ0) is 20.1. The molecule has 0 bridgehead atoms. The summed E-state index contributed by atoms with van der Waals surface area (Å²) in [5.41, 5.74) is 2.74. The number of aryl methyl sites for hydroxylation is 1. The Morgan fingerprint density at radius 2 is 1.86 bits per heavy atom. The zero-order valence-electron chi connectivity index (χ0n) is 15.8. The van der Waals surface area contributed by atoms with Gasteiger partial charge in [0.2, 0.25) is 5.91 Å². The number of pyridine rings is 1. The van der Waals surface area contributed by atoms with E-state index in [1.807, 2.05) is 37.3 Å². The predicted octanol–water partition coefficient (Wildman–Crippen LogP) is 5.06. The van der Waals surface area contributed by atoms with E-state index in [0.29, 0.717) is 22.6 Å². The van der Waals surface area contributed by atoms with Crippen LogP contribution in [0.5, 0.6) is 0 Å². The molecule has 0 aliphatic carbocycles. The molecule has 28 heavy (non-hydrogen) atoms. The highest BCUT2D eigenvalue weighted by Gasteiger charge is 2.35. The van der Waals surface area contributed by atoms with Crippen LogP contribution in [0.4, 0.5) is 5.69 Å². The van der Waals surface area contributed by atoms with Gasteiger partial charge in [-0.3, -0.25) is 9.78 Å². The van der Waals surface area contributed by atoms with E-state index in [2.05, 4.69) is 10.3 Å². The average Bonchev–Trinajstić information content (AvgIpc) is 2.73. The van der Waals surface area contributed by atoms with Gasteiger partial charge in [-0.05, 0) is 66.4 Å². The van der Waals surface area contributed by atoms with Crippen LogP contribution in [-0.2, 0) is 21.4 Å². The van der Waals surface area contributed by atoms with Crippen molar-refractivity contribution in [2.45, 2.75) is 25.7 Å². The largest absolute Gasteiger partial charge is 0.325 e. The van der Waals surface area contributed by atoms with Crippen LogP contribution in [0.1, 0.15) is 25.1 Å². The number of nitrogens with one attached hydrogen (secondary N) is 1. The summed E-state index contributed by atoms with van der Waals surface area (Å²) in [4.78, 5) is 29.2. The Hall–Kier alpha value is -2.98. The van der Waals surface area contributed by atoms with E-state index in [4.69, 9.17) is 11.6 Å². The minimum atomic E-state index is -1.33. The second-order valence-corrected chi connectivity index (χ2v) is 7.19. The first kappa shape index (κ1) is 19.8. The molecule has 3 aromatic rings. The van der Waals surface area contributed by atoms with Gasteiger partial charge in [0.05, 0.1) is 0 Å². The van der Waals surface area contributed by atoms with Gasteiger partial charge in [0.1, 0.15) is 11.7 Å². The fourth-order valence-electron chi connectivity index (χ4n) is 2.95. The van der Waals surface area contributed by atoms with Crippen molar-refractivity contribution >= 4 is 29.5 Å². The van der Waals surface area contributed by atoms with Gasteiger partial charge in [-0.15, -0.1) is 0 Å². The minimum Gasteiger partial charge on any atom is -0.325 e. The third-order valence-electron chi connectivity index (χ3n) is 4.76. The number of benzene rings is 2. The number of carbonyl (C=O) groups excluding carboxylic acids is 2. The number of aldehydes is 1. The molecule has 0 aliphatic rings. The SMILES string of the molecule is CCc1cc(-c2cccc(C(C)(C=O)C(=O)Nc3cccc(Cl)c3)c2)ccn1. The van der Waals surface area contributed by atoms with E-state index in [-0.39, 0.29) is 0 Å². The van der Waals surface area contributed by atoms with E-state index in [0.717, 1.165) is 23.2 Å². The maximum Gasteiger partial charge on any atom is 0.241 e. The van der Waals surface area contributed by atoms with E-state index >= 15 is 0 Å². The Balaban J connectivity index is 1.95. The quantitative estimate of drug-likeness (QED) is 0.471. The van der Waals surface area contributed by atoms with Gasteiger partial charge in [-0.2, -0.15) is 0 Å². The molecule has 0 saturated heterocycles. The molecular weight excluding hydrogens is 372 g/mol. The van der Waals surface area contributed by atoms with Crippen molar-refractivity contribution < 1.29 is 9.59 Å². The monoisotopic (exact) mass is 392 g/mol. The lowest BCUT2D eigenvalue weighted by molar-refractivity contribution is -0.126. The maximum atomic E-state index is 12.9.